The van der Waals surface area contributed by atoms with Gasteiger partial charge in [-0.2, -0.15) is 0 Å². The third-order valence-corrected chi connectivity index (χ3v) is 10.2. The lowest BCUT2D eigenvalue weighted by Crippen LogP contribution is -2.47. The molecule has 2 N–H and O–H groups in total. The molecule has 0 saturated carbocycles. The van der Waals surface area contributed by atoms with Crippen molar-refractivity contribution >= 4 is 8.80 Å². The Morgan fingerprint density at radius 1 is 0.718 bits per heavy atom. The van der Waals surface area contributed by atoms with Crippen molar-refractivity contribution in [3.63, 3.8) is 0 Å². The number of nitrogens with zero attached hydrogens (tertiary/aromatic N) is 1. The minimum atomic E-state index is -3.21. The summed E-state index contributed by atoms with van der Waals surface area (Å²) < 4.78 is 23.9. The van der Waals surface area contributed by atoms with E-state index in [1.54, 1.807) is 0 Å². The predicted octanol–water partition coefficient (Wildman–Crippen LogP) is 6.48. The van der Waals surface area contributed by atoms with Crippen LogP contribution in [0.5, 0.6) is 0 Å². The van der Waals surface area contributed by atoms with Crippen LogP contribution in [-0.2, 0) is 18.3 Å². The van der Waals surface area contributed by atoms with Gasteiger partial charge in [-0.25, -0.2) is 0 Å². The largest absolute Gasteiger partial charge is 0.498 e. The van der Waals surface area contributed by atoms with Crippen LogP contribution in [0.1, 0.15) is 122 Å². The Morgan fingerprint density at radius 2 is 1.23 bits per heavy atom. The predicted molar refractivity (Wildman–Crippen MR) is 163 cm³/mol. The Morgan fingerprint density at radius 3 is 1.79 bits per heavy atom. The van der Waals surface area contributed by atoms with Gasteiger partial charge in [-0.15, -0.1) is 0 Å². The number of hydrogen-bond acceptors (Lipinski definition) is 6. The van der Waals surface area contributed by atoms with Gasteiger partial charge < -0.3 is 32.7 Å². The van der Waals surface area contributed by atoms with Gasteiger partial charge in [-0.1, -0.05) is 96.8 Å². The molecule has 7 nitrogen and oxygen atoms in total. The highest BCUT2D eigenvalue weighted by Crippen LogP contribution is 2.18. The fourth-order valence-electron chi connectivity index (χ4n) is 5.38. The second-order valence-electron chi connectivity index (χ2n) is 12.3. The normalized spacial score (nSPS) is 21.3. The third-order valence-electron chi connectivity index (χ3n) is 7.94. The summed E-state index contributed by atoms with van der Waals surface area (Å²) in [6.07, 6.45) is 23.8. The van der Waals surface area contributed by atoms with Gasteiger partial charge in [0.05, 0.1) is 66.3 Å². The second kappa shape index (κ2) is 24.5. The first-order valence-corrected chi connectivity index (χ1v) is 18.5. The van der Waals surface area contributed by atoms with Crippen LogP contribution in [0, 0.1) is 0 Å². The highest BCUT2D eigenvalue weighted by Gasteiger charge is 2.38. The number of rotatable bonds is 24. The van der Waals surface area contributed by atoms with E-state index < -0.39 is 8.80 Å². The lowest BCUT2D eigenvalue weighted by molar-refractivity contribution is -0.890. The molecule has 39 heavy (non-hydrogen) atoms. The number of ether oxygens (including phenoxy) is 2. The molecule has 1 saturated heterocycles. The zero-order chi connectivity index (χ0) is 28.5. The number of aliphatic hydroxyl groups is 1. The van der Waals surface area contributed by atoms with E-state index >= 15 is 0 Å². The standard InChI is InChI=1S/C31H66NO6Si/c1-4-5-6-7-8-9-10-11-12-13-14-15-16-17-18-19-22-32(2,3)23-20-29-39(34)37-25-21-31(36-26-24-33)30-35-27-28-38-39/h31,33-34H,4-30H2,1-3H3/q+1. The molecule has 2 atom stereocenters. The molecule has 2 unspecified atom stereocenters. The smallest absolute Gasteiger partial charge is 0.394 e. The molecule has 1 fully saturated rings. The van der Waals surface area contributed by atoms with Crippen molar-refractivity contribution in [2.45, 2.75) is 135 Å². The van der Waals surface area contributed by atoms with Gasteiger partial charge in [0.15, 0.2) is 0 Å². The number of hydrogen-bond donors (Lipinski definition) is 2. The highest BCUT2D eigenvalue weighted by atomic mass is 28.4. The first kappa shape index (κ1) is 37.0. The van der Waals surface area contributed by atoms with Crippen LogP contribution in [0.3, 0.4) is 0 Å². The number of quaternary nitrogens is 1. The van der Waals surface area contributed by atoms with Crippen molar-refractivity contribution in [1.82, 2.24) is 0 Å². The van der Waals surface area contributed by atoms with Crippen LogP contribution >= 0.6 is 0 Å². The lowest BCUT2D eigenvalue weighted by atomic mass is 10.0. The topological polar surface area (TPSA) is 77.4 Å². The van der Waals surface area contributed by atoms with E-state index in [1.165, 1.54) is 109 Å². The van der Waals surface area contributed by atoms with Gasteiger partial charge in [-0.3, -0.25) is 0 Å². The first-order chi connectivity index (χ1) is 18.9. The van der Waals surface area contributed by atoms with Crippen LogP contribution in [0.4, 0.5) is 0 Å². The maximum atomic E-state index is 11.0. The molecule has 0 bridgehead atoms. The summed E-state index contributed by atoms with van der Waals surface area (Å²) in [6, 6.07) is 0.579. The molecule has 8 heteroatoms. The van der Waals surface area contributed by atoms with E-state index in [4.69, 9.17) is 23.4 Å². The molecule has 0 aromatic rings. The summed E-state index contributed by atoms with van der Waals surface area (Å²) >= 11 is 0. The van der Waals surface area contributed by atoms with Gasteiger partial charge in [-0.05, 0) is 19.3 Å². The molecular weight excluding hydrogens is 510 g/mol. The molecule has 1 aliphatic rings. The molecule has 1 aliphatic heterocycles. The summed E-state index contributed by atoms with van der Waals surface area (Å²) in [5.74, 6) is 0. The Bertz CT molecular complexity index is 541. The summed E-state index contributed by atoms with van der Waals surface area (Å²) in [4.78, 5) is 11.0. The molecular formula is C31H66NO6Si+. The zero-order valence-electron chi connectivity index (χ0n) is 26.1. The monoisotopic (exact) mass is 576 g/mol. The van der Waals surface area contributed by atoms with Gasteiger partial charge in [0.2, 0.25) is 0 Å². The first-order valence-electron chi connectivity index (χ1n) is 16.5. The fourth-order valence-corrected chi connectivity index (χ4v) is 7.19. The van der Waals surface area contributed by atoms with E-state index in [2.05, 4.69) is 21.0 Å². The van der Waals surface area contributed by atoms with Crippen LogP contribution in [0.15, 0.2) is 0 Å². The SMILES string of the molecule is CCCCCCCCCCCCCCCCCC[N+](C)(C)CCC[Si]1(O)OCCOCC(OCCO)CCO1. The third kappa shape index (κ3) is 22.2. The second-order valence-corrected chi connectivity index (χ2v) is 14.8. The Hall–Kier alpha value is -0.0631. The van der Waals surface area contributed by atoms with Crippen LogP contribution in [-0.4, -0.2) is 96.1 Å². The zero-order valence-corrected chi connectivity index (χ0v) is 27.1. The average Bonchev–Trinajstić information content (AvgIpc) is 2.90. The van der Waals surface area contributed by atoms with Crippen molar-refractivity contribution in [2.24, 2.45) is 0 Å². The number of aliphatic hydroxyl groups excluding tert-OH is 1. The molecule has 0 aromatic carbocycles. The van der Waals surface area contributed by atoms with Gasteiger partial charge in [0, 0.05) is 19.1 Å². The molecule has 1 rings (SSSR count). The van der Waals surface area contributed by atoms with Gasteiger partial charge >= 0.3 is 8.80 Å². The van der Waals surface area contributed by atoms with E-state index in [-0.39, 0.29) is 12.7 Å². The van der Waals surface area contributed by atoms with Crippen molar-refractivity contribution in [1.29, 1.82) is 0 Å². The Labute approximate surface area is 242 Å². The van der Waals surface area contributed by atoms with Crippen molar-refractivity contribution < 1.29 is 32.7 Å². The van der Waals surface area contributed by atoms with Crippen molar-refractivity contribution in [3.05, 3.63) is 0 Å². The Kier molecular flexibility index (Phi) is 23.2. The Balaban J connectivity index is 2.04. The van der Waals surface area contributed by atoms with E-state index in [9.17, 15) is 4.80 Å². The summed E-state index contributed by atoms with van der Waals surface area (Å²) in [6.45, 7) is 6.36. The molecule has 0 aromatic heterocycles. The van der Waals surface area contributed by atoms with Crippen molar-refractivity contribution in [2.75, 3.05) is 66.8 Å². The molecule has 0 aliphatic carbocycles. The molecule has 0 spiro atoms. The van der Waals surface area contributed by atoms with Crippen LogP contribution in [0.2, 0.25) is 6.04 Å². The number of unbranched alkanes of at least 4 members (excludes halogenated alkanes) is 15. The van der Waals surface area contributed by atoms with E-state index in [0.717, 1.165) is 17.4 Å². The fraction of sp³-hybridized carbons (Fsp3) is 1.00. The van der Waals surface area contributed by atoms with Crippen LogP contribution in [0.25, 0.3) is 0 Å². The van der Waals surface area contributed by atoms with Crippen molar-refractivity contribution in [3.8, 4) is 0 Å². The van der Waals surface area contributed by atoms with Gasteiger partial charge in [0.25, 0.3) is 0 Å². The molecule has 234 valence electrons. The lowest BCUT2D eigenvalue weighted by Gasteiger charge is -2.32. The maximum absolute atomic E-state index is 11.0. The highest BCUT2D eigenvalue weighted by molar-refractivity contribution is 6.59. The molecule has 0 amide bonds. The van der Waals surface area contributed by atoms with E-state index in [0.29, 0.717) is 45.5 Å². The summed E-state index contributed by atoms with van der Waals surface area (Å²) in [5, 5.41) is 8.99. The molecule has 0 radical (unpaired) electrons. The van der Waals surface area contributed by atoms with E-state index in [1.807, 2.05) is 0 Å². The van der Waals surface area contributed by atoms with Crippen LogP contribution < -0.4 is 0 Å². The quantitative estimate of drug-likeness (QED) is 0.0778. The average molecular weight is 577 g/mol. The van der Waals surface area contributed by atoms with Gasteiger partial charge in [0.1, 0.15) is 0 Å². The minimum Gasteiger partial charge on any atom is -0.394 e. The molecule has 1 heterocycles. The maximum Gasteiger partial charge on any atom is 0.498 e. The summed E-state index contributed by atoms with van der Waals surface area (Å²) in [5.41, 5.74) is 0. The summed E-state index contributed by atoms with van der Waals surface area (Å²) in [7, 11) is 1.38. The minimum absolute atomic E-state index is 0.00731.